The molecular weight excluding hydrogens is 244 g/mol. The summed E-state index contributed by atoms with van der Waals surface area (Å²) in [6, 6.07) is 0. The van der Waals surface area contributed by atoms with E-state index in [4.69, 9.17) is 4.74 Å². The van der Waals surface area contributed by atoms with Crippen LogP contribution in [-0.4, -0.2) is 51.7 Å². The van der Waals surface area contributed by atoms with E-state index in [1.54, 1.807) is 32.2 Å². The standard InChI is InChI=1S/C10H16N2O4S/c1-11(2)10(13)16-8-5-9(17(4,14)15)7-12(3)6-8/h6-7H,5H2,1-4H3. The number of nitrogens with zero attached hydrogens (tertiary/aromatic N) is 2. The van der Waals surface area contributed by atoms with Gasteiger partial charge in [0.2, 0.25) is 0 Å². The fourth-order valence-electron chi connectivity index (χ4n) is 1.25. The normalized spacial score (nSPS) is 16.1. The molecule has 1 heterocycles. The predicted molar refractivity (Wildman–Crippen MR) is 63.6 cm³/mol. The minimum Gasteiger partial charge on any atom is -0.413 e. The van der Waals surface area contributed by atoms with Crippen LogP contribution in [0.5, 0.6) is 0 Å². The van der Waals surface area contributed by atoms with Gasteiger partial charge in [-0.3, -0.25) is 0 Å². The minimum absolute atomic E-state index is 0.1000. The minimum atomic E-state index is -3.27. The zero-order chi connectivity index (χ0) is 13.2. The first kappa shape index (κ1) is 13.6. The molecule has 1 aliphatic rings. The zero-order valence-electron chi connectivity index (χ0n) is 10.3. The van der Waals surface area contributed by atoms with Crippen molar-refractivity contribution in [1.82, 2.24) is 9.80 Å². The van der Waals surface area contributed by atoms with Gasteiger partial charge in [-0.05, 0) is 0 Å². The van der Waals surface area contributed by atoms with Crippen LogP contribution < -0.4 is 0 Å². The molecule has 0 aromatic heterocycles. The fraction of sp³-hybridized carbons (Fsp3) is 0.500. The quantitative estimate of drug-likeness (QED) is 0.733. The van der Waals surface area contributed by atoms with E-state index in [1.807, 2.05) is 0 Å². The largest absolute Gasteiger partial charge is 0.414 e. The van der Waals surface area contributed by atoms with Crippen molar-refractivity contribution in [3.05, 3.63) is 23.1 Å². The molecule has 0 saturated carbocycles. The summed E-state index contributed by atoms with van der Waals surface area (Å²) in [4.78, 5) is 14.4. The van der Waals surface area contributed by atoms with Crippen molar-refractivity contribution in [2.45, 2.75) is 6.42 Å². The molecule has 1 aliphatic heterocycles. The Morgan fingerprint density at radius 3 is 2.47 bits per heavy atom. The average molecular weight is 260 g/mol. The lowest BCUT2D eigenvalue weighted by atomic mass is 10.3. The van der Waals surface area contributed by atoms with Gasteiger partial charge in [-0.15, -0.1) is 0 Å². The van der Waals surface area contributed by atoms with Gasteiger partial charge in [0, 0.05) is 46.2 Å². The van der Waals surface area contributed by atoms with Crippen molar-refractivity contribution in [3.63, 3.8) is 0 Å². The van der Waals surface area contributed by atoms with E-state index in [0.29, 0.717) is 5.76 Å². The van der Waals surface area contributed by atoms with Gasteiger partial charge in [-0.2, -0.15) is 0 Å². The molecule has 0 unspecified atom stereocenters. The molecule has 96 valence electrons. The van der Waals surface area contributed by atoms with Gasteiger partial charge in [-0.1, -0.05) is 0 Å². The second kappa shape index (κ2) is 4.79. The molecule has 7 heteroatoms. The van der Waals surface area contributed by atoms with Crippen molar-refractivity contribution in [2.24, 2.45) is 0 Å². The number of hydrogen-bond acceptors (Lipinski definition) is 5. The molecular formula is C10H16N2O4S. The Kier molecular flexibility index (Phi) is 3.82. The van der Waals surface area contributed by atoms with Crippen molar-refractivity contribution in [1.29, 1.82) is 0 Å². The first-order valence-corrected chi connectivity index (χ1v) is 6.82. The highest BCUT2D eigenvalue weighted by molar-refractivity contribution is 7.94. The first-order chi connectivity index (χ1) is 7.70. The maximum atomic E-state index is 11.4. The van der Waals surface area contributed by atoms with Crippen LogP contribution in [0.25, 0.3) is 0 Å². The lowest BCUT2D eigenvalue weighted by Gasteiger charge is -2.21. The highest BCUT2D eigenvalue weighted by atomic mass is 32.2. The summed E-state index contributed by atoms with van der Waals surface area (Å²) in [6.07, 6.45) is 3.78. The van der Waals surface area contributed by atoms with Crippen molar-refractivity contribution in [2.75, 3.05) is 27.4 Å². The Hall–Kier alpha value is -1.50. The Morgan fingerprint density at radius 2 is 2.00 bits per heavy atom. The number of hydrogen-bond donors (Lipinski definition) is 0. The Balaban J connectivity index is 2.83. The van der Waals surface area contributed by atoms with Gasteiger partial charge in [0.15, 0.2) is 9.84 Å². The second-order valence-electron chi connectivity index (χ2n) is 4.07. The van der Waals surface area contributed by atoms with Crippen molar-refractivity contribution in [3.8, 4) is 0 Å². The summed E-state index contributed by atoms with van der Waals surface area (Å²) in [5.41, 5.74) is 0. The van der Waals surface area contributed by atoms with Crippen LogP contribution in [0, 0.1) is 0 Å². The fourth-order valence-corrected chi connectivity index (χ4v) is 2.01. The smallest absolute Gasteiger partial charge is 0.413 e. The summed E-state index contributed by atoms with van der Waals surface area (Å²) in [5.74, 6) is 0.314. The molecule has 0 spiro atoms. The summed E-state index contributed by atoms with van der Waals surface area (Å²) < 4.78 is 27.9. The third-order valence-electron chi connectivity index (χ3n) is 2.10. The number of amides is 1. The maximum Gasteiger partial charge on any atom is 0.414 e. The van der Waals surface area contributed by atoms with Gasteiger partial charge in [0.25, 0.3) is 0 Å². The van der Waals surface area contributed by atoms with Gasteiger partial charge in [0.05, 0.1) is 4.91 Å². The highest BCUT2D eigenvalue weighted by Crippen LogP contribution is 2.23. The van der Waals surface area contributed by atoms with Crippen LogP contribution in [0.1, 0.15) is 6.42 Å². The number of allylic oxidation sites excluding steroid dienone is 1. The van der Waals surface area contributed by atoms with Crippen LogP contribution in [-0.2, 0) is 14.6 Å². The lowest BCUT2D eigenvalue weighted by molar-refractivity contribution is 0.143. The van der Waals surface area contributed by atoms with E-state index in [1.165, 1.54) is 11.1 Å². The van der Waals surface area contributed by atoms with Crippen molar-refractivity contribution < 1.29 is 17.9 Å². The number of rotatable bonds is 2. The van der Waals surface area contributed by atoms with Gasteiger partial charge in [0.1, 0.15) is 5.76 Å². The van der Waals surface area contributed by atoms with Crippen LogP contribution in [0.3, 0.4) is 0 Å². The molecule has 0 bridgehead atoms. The molecule has 0 N–H and O–H groups in total. The molecule has 0 saturated heterocycles. The molecule has 0 aliphatic carbocycles. The summed E-state index contributed by atoms with van der Waals surface area (Å²) in [6.45, 7) is 0. The molecule has 0 atom stereocenters. The Bertz CT molecular complexity index is 477. The summed E-state index contributed by atoms with van der Waals surface area (Å²) >= 11 is 0. The molecule has 1 rings (SSSR count). The molecule has 17 heavy (non-hydrogen) atoms. The van der Waals surface area contributed by atoms with Crippen molar-refractivity contribution >= 4 is 15.9 Å². The van der Waals surface area contributed by atoms with Crippen LogP contribution in [0.2, 0.25) is 0 Å². The number of ether oxygens (including phenoxy) is 1. The van der Waals surface area contributed by atoms with Gasteiger partial charge < -0.3 is 14.5 Å². The molecule has 0 fully saturated rings. The Labute approximate surface area is 101 Å². The SMILES string of the molecule is CN1C=C(OC(=O)N(C)C)CC(S(C)(=O)=O)=C1. The average Bonchev–Trinajstić information content (AvgIpc) is 2.15. The topological polar surface area (TPSA) is 66.9 Å². The first-order valence-electron chi connectivity index (χ1n) is 4.92. The zero-order valence-corrected chi connectivity index (χ0v) is 11.1. The van der Waals surface area contributed by atoms with Gasteiger partial charge in [-0.25, -0.2) is 13.2 Å². The number of carbonyl (C=O) groups is 1. The number of carbonyl (C=O) groups excluding carboxylic acids is 1. The second-order valence-corrected chi connectivity index (χ2v) is 6.14. The molecule has 1 amide bonds. The van der Waals surface area contributed by atoms with E-state index in [-0.39, 0.29) is 11.3 Å². The van der Waals surface area contributed by atoms with E-state index < -0.39 is 15.9 Å². The van der Waals surface area contributed by atoms with E-state index in [9.17, 15) is 13.2 Å². The van der Waals surface area contributed by atoms with Crippen LogP contribution >= 0.6 is 0 Å². The van der Waals surface area contributed by atoms with Crippen LogP contribution in [0.15, 0.2) is 23.1 Å². The van der Waals surface area contributed by atoms with Gasteiger partial charge >= 0.3 is 6.09 Å². The molecule has 0 aromatic carbocycles. The van der Waals surface area contributed by atoms with E-state index in [2.05, 4.69) is 0 Å². The predicted octanol–water partition coefficient (Wildman–Crippen LogP) is 0.748. The third-order valence-corrected chi connectivity index (χ3v) is 3.31. The molecule has 0 radical (unpaired) electrons. The summed E-state index contributed by atoms with van der Waals surface area (Å²) in [5, 5.41) is 0. The monoisotopic (exact) mass is 260 g/mol. The lowest BCUT2D eigenvalue weighted by Crippen LogP contribution is -2.24. The number of sulfone groups is 1. The van der Waals surface area contributed by atoms with E-state index >= 15 is 0 Å². The third kappa shape index (κ3) is 3.77. The van der Waals surface area contributed by atoms with Crippen LogP contribution in [0.4, 0.5) is 4.79 Å². The molecule has 0 aromatic rings. The molecule has 6 nitrogen and oxygen atoms in total. The Morgan fingerprint density at radius 1 is 1.41 bits per heavy atom. The highest BCUT2D eigenvalue weighted by Gasteiger charge is 2.21. The summed E-state index contributed by atoms with van der Waals surface area (Å²) in [7, 11) is 1.52. The van der Waals surface area contributed by atoms with E-state index in [0.717, 1.165) is 6.26 Å². The maximum absolute atomic E-state index is 11.4.